The summed E-state index contributed by atoms with van der Waals surface area (Å²) >= 11 is 7.47. The van der Waals surface area contributed by atoms with E-state index in [0.717, 1.165) is 5.56 Å². The third kappa shape index (κ3) is 3.62. The fourth-order valence-corrected chi connectivity index (χ4v) is 4.30. The maximum atomic E-state index is 14.0. The maximum absolute atomic E-state index is 14.0. The van der Waals surface area contributed by atoms with Crippen LogP contribution in [0.5, 0.6) is 0 Å². The lowest BCUT2D eigenvalue weighted by molar-refractivity contribution is 0.0944. The summed E-state index contributed by atoms with van der Waals surface area (Å²) in [5.41, 5.74) is 2.33. The molecule has 0 bridgehead atoms. The van der Waals surface area contributed by atoms with E-state index < -0.39 is 5.82 Å². The van der Waals surface area contributed by atoms with E-state index in [0.29, 0.717) is 15.0 Å². The van der Waals surface area contributed by atoms with Crippen molar-refractivity contribution in [1.82, 2.24) is 5.32 Å². The second-order valence-corrected chi connectivity index (χ2v) is 8.86. The monoisotopic (exact) mass is 389 g/mol. The highest BCUT2D eigenvalue weighted by Crippen LogP contribution is 2.37. The topological polar surface area (TPSA) is 29.1 Å². The van der Waals surface area contributed by atoms with Crippen LogP contribution >= 0.6 is 22.9 Å². The van der Waals surface area contributed by atoms with Gasteiger partial charge in [0.2, 0.25) is 0 Å². The number of rotatable bonds is 3. The highest BCUT2D eigenvalue weighted by atomic mass is 35.5. The van der Waals surface area contributed by atoms with E-state index in [2.05, 4.69) is 38.2 Å². The van der Waals surface area contributed by atoms with Crippen LogP contribution in [0.3, 0.4) is 0 Å². The van der Waals surface area contributed by atoms with Gasteiger partial charge in [-0.1, -0.05) is 62.7 Å². The summed E-state index contributed by atoms with van der Waals surface area (Å²) in [4.78, 5) is 13.0. The first-order valence-corrected chi connectivity index (χ1v) is 9.65. The van der Waals surface area contributed by atoms with Gasteiger partial charge in [0, 0.05) is 10.1 Å². The molecule has 5 heteroatoms. The molecule has 0 aliphatic heterocycles. The van der Waals surface area contributed by atoms with Crippen molar-refractivity contribution in [1.29, 1.82) is 0 Å². The molecule has 1 heterocycles. The van der Waals surface area contributed by atoms with Gasteiger partial charge in [0.25, 0.3) is 5.91 Å². The van der Waals surface area contributed by atoms with Crippen LogP contribution in [-0.2, 0) is 5.41 Å². The Bertz CT molecular complexity index is 957. The van der Waals surface area contributed by atoms with Crippen LogP contribution in [0.4, 0.5) is 4.39 Å². The highest BCUT2D eigenvalue weighted by molar-refractivity contribution is 7.21. The number of carbonyl (C=O) groups is 1. The van der Waals surface area contributed by atoms with Gasteiger partial charge in [0.05, 0.1) is 11.1 Å². The minimum Gasteiger partial charge on any atom is -0.345 e. The highest BCUT2D eigenvalue weighted by Gasteiger charge is 2.21. The fraction of sp³-hybridized carbons (Fsp3) is 0.286. The van der Waals surface area contributed by atoms with Crippen LogP contribution in [0, 0.1) is 5.82 Å². The van der Waals surface area contributed by atoms with Crippen molar-refractivity contribution in [2.75, 3.05) is 0 Å². The molecule has 0 aliphatic rings. The predicted molar refractivity (Wildman–Crippen MR) is 108 cm³/mol. The van der Waals surface area contributed by atoms with Crippen LogP contribution in [0.15, 0.2) is 42.5 Å². The molecule has 0 fully saturated rings. The van der Waals surface area contributed by atoms with Crippen molar-refractivity contribution in [2.45, 2.75) is 39.2 Å². The van der Waals surface area contributed by atoms with Gasteiger partial charge in [-0.25, -0.2) is 4.39 Å². The summed E-state index contributed by atoms with van der Waals surface area (Å²) in [6.45, 7) is 8.41. The van der Waals surface area contributed by atoms with Crippen molar-refractivity contribution in [3.05, 3.63) is 69.3 Å². The molecule has 0 radical (unpaired) electrons. The molecule has 1 aromatic heterocycles. The van der Waals surface area contributed by atoms with Gasteiger partial charge >= 0.3 is 0 Å². The van der Waals surface area contributed by atoms with Gasteiger partial charge < -0.3 is 5.32 Å². The first kappa shape index (κ1) is 18.9. The average Bonchev–Trinajstić information content (AvgIpc) is 2.92. The molecule has 1 N–H and O–H groups in total. The molecule has 0 spiro atoms. The molecule has 2 aromatic carbocycles. The van der Waals surface area contributed by atoms with Crippen molar-refractivity contribution < 1.29 is 9.18 Å². The third-order valence-corrected chi connectivity index (χ3v) is 6.08. The second kappa shape index (κ2) is 7.01. The second-order valence-electron chi connectivity index (χ2n) is 7.43. The zero-order valence-corrected chi connectivity index (χ0v) is 16.8. The summed E-state index contributed by atoms with van der Waals surface area (Å²) in [7, 11) is 0. The summed E-state index contributed by atoms with van der Waals surface area (Å²) < 4.78 is 14.6. The van der Waals surface area contributed by atoms with Gasteiger partial charge in [0.15, 0.2) is 0 Å². The molecule has 2 nitrogen and oxygen atoms in total. The van der Waals surface area contributed by atoms with Crippen LogP contribution in [0.2, 0.25) is 5.02 Å². The lowest BCUT2D eigenvalue weighted by Gasteiger charge is -2.20. The Morgan fingerprint density at radius 3 is 2.38 bits per heavy atom. The summed E-state index contributed by atoms with van der Waals surface area (Å²) in [6, 6.07) is 12.8. The number of amides is 1. The van der Waals surface area contributed by atoms with E-state index in [1.807, 2.05) is 19.1 Å². The molecule has 0 saturated heterocycles. The molecule has 3 rings (SSSR count). The zero-order valence-electron chi connectivity index (χ0n) is 15.2. The number of hydrogen-bond donors (Lipinski definition) is 1. The Labute approximate surface area is 162 Å². The van der Waals surface area contributed by atoms with Gasteiger partial charge in [-0.3, -0.25) is 4.79 Å². The summed E-state index contributed by atoms with van der Waals surface area (Å²) in [5.74, 6) is -0.698. The van der Waals surface area contributed by atoms with E-state index in [9.17, 15) is 9.18 Å². The molecule has 3 aromatic rings. The number of fused-ring (bicyclic) bond motifs is 1. The van der Waals surface area contributed by atoms with Crippen molar-refractivity contribution >= 4 is 38.9 Å². The number of thiophene rings is 1. The molecule has 1 atom stereocenters. The maximum Gasteiger partial charge on any atom is 0.263 e. The Hall–Kier alpha value is -1.91. The van der Waals surface area contributed by atoms with E-state index in [1.54, 1.807) is 12.1 Å². The number of halogens is 2. The van der Waals surface area contributed by atoms with E-state index in [4.69, 9.17) is 11.6 Å². The molecule has 26 heavy (non-hydrogen) atoms. The van der Waals surface area contributed by atoms with Gasteiger partial charge in [-0.2, -0.15) is 0 Å². The smallest absolute Gasteiger partial charge is 0.263 e. The minimum atomic E-state index is -0.409. The first-order chi connectivity index (χ1) is 12.2. The quantitative estimate of drug-likeness (QED) is 0.545. The van der Waals surface area contributed by atoms with Crippen LogP contribution < -0.4 is 5.32 Å². The fourth-order valence-electron chi connectivity index (χ4n) is 2.83. The van der Waals surface area contributed by atoms with Gasteiger partial charge in [-0.05, 0) is 35.6 Å². The van der Waals surface area contributed by atoms with E-state index >= 15 is 0 Å². The first-order valence-electron chi connectivity index (χ1n) is 8.46. The Morgan fingerprint density at radius 2 is 1.81 bits per heavy atom. The number of benzene rings is 2. The standard InChI is InChI=1S/C21H21ClFNOS/c1-12(13-8-10-14(11-9-13)21(2,3)4)24-20(25)19-18(22)17-15(23)6-5-7-16(17)26-19/h5-12H,1-4H3,(H,24,25). The SMILES string of the molecule is CC(NC(=O)c1sc2cccc(F)c2c1Cl)c1ccc(C(C)(C)C)cc1. The number of nitrogens with one attached hydrogen (secondary N) is 1. The lowest BCUT2D eigenvalue weighted by atomic mass is 9.86. The van der Waals surface area contributed by atoms with Crippen molar-refractivity contribution in [3.8, 4) is 0 Å². The van der Waals surface area contributed by atoms with E-state index in [-0.39, 0.29) is 22.4 Å². The molecule has 1 unspecified atom stereocenters. The summed E-state index contributed by atoms with van der Waals surface area (Å²) in [5, 5.41) is 3.44. The zero-order chi connectivity index (χ0) is 19.1. The van der Waals surface area contributed by atoms with Crippen LogP contribution in [0.1, 0.15) is 54.5 Å². The normalized spacial score (nSPS) is 13.0. The third-order valence-electron chi connectivity index (χ3n) is 4.44. The molecular weight excluding hydrogens is 369 g/mol. The van der Waals surface area contributed by atoms with Crippen LogP contribution in [-0.4, -0.2) is 5.91 Å². The van der Waals surface area contributed by atoms with E-state index in [1.165, 1.54) is 23.0 Å². The molecule has 136 valence electrons. The van der Waals surface area contributed by atoms with Crippen LogP contribution in [0.25, 0.3) is 10.1 Å². The van der Waals surface area contributed by atoms with Gasteiger partial charge in [0.1, 0.15) is 10.7 Å². The van der Waals surface area contributed by atoms with Gasteiger partial charge in [-0.15, -0.1) is 11.3 Å². The Kier molecular flexibility index (Phi) is 5.09. The number of hydrogen-bond acceptors (Lipinski definition) is 2. The lowest BCUT2D eigenvalue weighted by Crippen LogP contribution is -2.26. The van der Waals surface area contributed by atoms with Crippen molar-refractivity contribution in [2.24, 2.45) is 0 Å². The number of carbonyl (C=O) groups excluding carboxylic acids is 1. The largest absolute Gasteiger partial charge is 0.345 e. The predicted octanol–water partition coefficient (Wildman–Crippen LogP) is 6.48. The molecule has 1 amide bonds. The minimum absolute atomic E-state index is 0.0830. The molecule has 0 saturated carbocycles. The van der Waals surface area contributed by atoms with Crippen molar-refractivity contribution in [3.63, 3.8) is 0 Å². The Balaban J connectivity index is 1.82. The summed E-state index contributed by atoms with van der Waals surface area (Å²) in [6.07, 6.45) is 0. The average molecular weight is 390 g/mol. The Morgan fingerprint density at radius 1 is 1.15 bits per heavy atom. The molecular formula is C21H21ClFNOS. The molecule has 0 aliphatic carbocycles.